The highest BCUT2D eigenvalue weighted by molar-refractivity contribution is 8.53. The number of ether oxygens (including phenoxy) is 1. The number of rotatable bonds is 5. The number of anilines is 1. The quantitative estimate of drug-likeness (QED) is 0.393. The van der Waals surface area contributed by atoms with E-state index in [0.29, 0.717) is 13.1 Å². The monoisotopic (exact) mass is 511 g/mol. The van der Waals surface area contributed by atoms with E-state index in [4.69, 9.17) is 4.74 Å². The third-order valence-electron chi connectivity index (χ3n) is 5.01. The number of allylic oxidation sites excluding steroid dienone is 2. The van der Waals surface area contributed by atoms with E-state index in [-0.39, 0.29) is 6.03 Å². The highest BCUT2D eigenvalue weighted by Gasteiger charge is 2.30. The number of carbonyl (C=O) groups excluding carboxylic acids is 1. The summed E-state index contributed by atoms with van der Waals surface area (Å²) >= 11 is 0. The van der Waals surface area contributed by atoms with Crippen molar-refractivity contribution >= 4 is 65.5 Å². The molecule has 4 atom stereocenters. The molecule has 2 aromatic rings. The SMILES string of the molecule is Cc1ccc(Oc2ccc(N3CCN(CC4=P(P)(P)C=CC=C4)C3=O)cp2)[p+](P)c1. The Morgan fingerprint density at radius 1 is 1.20 bits per heavy atom. The largest absolute Gasteiger partial charge is 0.417 e. The Morgan fingerprint density at radius 3 is 2.73 bits per heavy atom. The first-order valence-corrected chi connectivity index (χ1v) is 18.6. The third kappa shape index (κ3) is 5.08. The molecule has 1 fully saturated rings. The summed E-state index contributed by atoms with van der Waals surface area (Å²) in [4.78, 5) is 16.8. The van der Waals surface area contributed by atoms with Gasteiger partial charge in [-0.05, 0) is 56.2 Å². The lowest BCUT2D eigenvalue weighted by molar-refractivity contribution is 0.226. The molecule has 4 rings (SSSR count). The maximum Gasteiger partial charge on any atom is 0.324 e. The van der Waals surface area contributed by atoms with Gasteiger partial charge in [0, 0.05) is 25.7 Å². The predicted octanol–water partition coefficient (Wildman–Crippen LogP) is 7.37. The zero-order chi connectivity index (χ0) is 21.3. The highest BCUT2D eigenvalue weighted by atomic mass is 32.4. The van der Waals surface area contributed by atoms with Gasteiger partial charge >= 0.3 is 11.5 Å². The molecule has 2 aliphatic heterocycles. The number of hydrogen-bond donors (Lipinski definition) is 0. The molecular weight excluding hydrogens is 486 g/mol. The molecule has 2 aromatic heterocycles. The molecule has 0 aromatic carbocycles. The Hall–Kier alpha value is -0.560. The maximum absolute atomic E-state index is 13.0. The second-order valence-corrected chi connectivity index (χ2v) is 20.9. The second kappa shape index (κ2) is 9.51. The topological polar surface area (TPSA) is 32.8 Å². The third-order valence-corrected chi connectivity index (χ3v) is 13.5. The summed E-state index contributed by atoms with van der Waals surface area (Å²) < 4.78 is 6.11. The number of urea groups is 1. The van der Waals surface area contributed by atoms with Crippen LogP contribution in [0.3, 0.4) is 0 Å². The molecular formula is C20H25N2O2P6+. The van der Waals surface area contributed by atoms with Crippen LogP contribution in [0.5, 0.6) is 11.0 Å². The van der Waals surface area contributed by atoms with E-state index in [9.17, 15) is 4.79 Å². The van der Waals surface area contributed by atoms with Crippen LogP contribution in [0.2, 0.25) is 0 Å². The van der Waals surface area contributed by atoms with E-state index < -0.39 is 13.5 Å². The maximum atomic E-state index is 13.0. The van der Waals surface area contributed by atoms with Gasteiger partial charge in [-0.2, -0.15) is 0 Å². The first-order chi connectivity index (χ1) is 14.3. The summed E-state index contributed by atoms with van der Waals surface area (Å²) in [5.41, 5.74) is 4.10. The fourth-order valence-electron chi connectivity index (χ4n) is 3.32. The molecule has 156 valence electrons. The van der Waals surface area contributed by atoms with Gasteiger partial charge in [0.1, 0.15) is 5.80 Å². The fraction of sp³-hybridized carbons (Fsp3) is 0.200. The number of hydrogen-bond acceptors (Lipinski definition) is 2. The summed E-state index contributed by atoms with van der Waals surface area (Å²) in [6, 6.07) is 8.19. The lowest BCUT2D eigenvalue weighted by Crippen LogP contribution is -2.34. The zero-order valence-corrected chi connectivity index (χ0v) is 22.8. The molecule has 10 heteroatoms. The van der Waals surface area contributed by atoms with Gasteiger partial charge in [0.25, 0.3) is 0 Å². The number of nitrogens with zero attached hydrogens (tertiary/aromatic N) is 2. The molecule has 0 saturated carbocycles. The lowest BCUT2D eigenvalue weighted by atomic mass is 10.3. The molecule has 0 spiro atoms. The highest BCUT2D eigenvalue weighted by Crippen LogP contribution is 2.67. The second-order valence-electron chi connectivity index (χ2n) is 7.29. The smallest absolute Gasteiger partial charge is 0.324 e. The van der Waals surface area contributed by atoms with Crippen LogP contribution in [0.25, 0.3) is 0 Å². The van der Waals surface area contributed by atoms with Crippen LogP contribution in [-0.4, -0.2) is 35.9 Å². The minimum atomic E-state index is -1.40. The average Bonchev–Trinajstić information content (AvgIpc) is 3.07. The molecule has 1 saturated heterocycles. The van der Waals surface area contributed by atoms with Gasteiger partial charge in [-0.15, -0.1) is 17.9 Å². The minimum Gasteiger partial charge on any atom is -0.417 e. The molecule has 0 N–H and O–H groups in total. The van der Waals surface area contributed by atoms with Crippen molar-refractivity contribution in [3.8, 4) is 11.0 Å². The number of amides is 2. The standard InChI is InChI=1S/C20H25N2O2P6/c1-15-5-8-19(29(25)14-15)24-18-7-6-16(13-28-18)22-10-9-21(20(22)23)12-17-4-2-3-11-30(17,26)27/h2-8,11,13-14H,9-10,12,25-27H2,1H3/q+1. The minimum absolute atomic E-state index is 0.0783. The first kappa shape index (κ1) is 22.6. The van der Waals surface area contributed by atoms with Crippen molar-refractivity contribution in [3.05, 3.63) is 65.5 Å². The molecule has 4 nitrogen and oxygen atoms in total. The Morgan fingerprint density at radius 2 is 2.03 bits per heavy atom. The van der Waals surface area contributed by atoms with Crippen LogP contribution in [0.15, 0.2) is 59.9 Å². The van der Waals surface area contributed by atoms with E-state index in [2.05, 4.69) is 81.5 Å². The molecule has 2 amide bonds. The van der Waals surface area contributed by atoms with Crippen molar-refractivity contribution in [1.82, 2.24) is 4.90 Å². The molecule has 0 radical (unpaired) electrons. The molecule has 0 bridgehead atoms. The van der Waals surface area contributed by atoms with Gasteiger partial charge in [0.2, 0.25) is 0 Å². The Kier molecular flexibility index (Phi) is 7.18. The van der Waals surface area contributed by atoms with Crippen molar-refractivity contribution in [2.24, 2.45) is 0 Å². The Bertz CT molecular complexity index is 1090. The van der Waals surface area contributed by atoms with Gasteiger partial charge in [-0.1, -0.05) is 24.0 Å². The van der Waals surface area contributed by atoms with Crippen molar-refractivity contribution in [2.75, 3.05) is 24.5 Å². The summed E-state index contributed by atoms with van der Waals surface area (Å²) in [6.07, 6.45) is 4.88. The summed E-state index contributed by atoms with van der Waals surface area (Å²) in [5.74, 6) is 6.53. The number of carbonyl (C=O) groups is 1. The molecule has 2 aliphatic rings. The molecule has 30 heavy (non-hydrogen) atoms. The van der Waals surface area contributed by atoms with Crippen LogP contribution < -0.4 is 9.64 Å². The first-order valence-electron chi connectivity index (χ1n) is 9.49. The zero-order valence-electron chi connectivity index (χ0n) is 16.7. The van der Waals surface area contributed by atoms with Crippen molar-refractivity contribution in [3.63, 3.8) is 0 Å². The Labute approximate surface area is 187 Å². The fourth-order valence-corrected chi connectivity index (χ4v) is 9.36. The normalized spacial score (nSPS) is 18.6. The van der Waals surface area contributed by atoms with E-state index in [1.165, 1.54) is 10.9 Å². The number of aryl methyl sites for hydroxylation is 1. The average molecular weight is 511 g/mol. The van der Waals surface area contributed by atoms with E-state index in [0.717, 1.165) is 31.4 Å². The van der Waals surface area contributed by atoms with E-state index >= 15 is 0 Å². The van der Waals surface area contributed by atoms with Gasteiger partial charge in [-0.25, -0.2) is 4.79 Å². The van der Waals surface area contributed by atoms with Crippen LogP contribution >= 0.6 is 48.5 Å². The van der Waals surface area contributed by atoms with Crippen LogP contribution in [-0.2, 0) is 0 Å². The summed E-state index contributed by atoms with van der Waals surface area (Å²) in [7, 11) is 9.29. The van der Waals surface area contributed by atoms with E-state index in [1.807, 2.05) is 21.9 Å². The summed E-state index contributed by atoms with van der Waals surface area (Å²) in [5, 5.41) is 1.31. The van der Waals surface area contributed by atoms with Gasteiger partial charge in [-0.3, -0.25) is 4.90 Å². The van der Waals surface area contributed by atoms with Crippen LogP contribution in [0.1, 0.15) is 5.56 Å². The van der Waals surface area contributed by atoms with E-state index in [1.54, 1.807) is 0 Å². The van der Waals surface area contributed by atoms with Crippen molar-refractivity contribution < 1.29 is 9.53 Å². The Balaban J connectivity index is 1.45. The molecule has 4 unspecified atom stereocenters. The van der Waals surface area contributed by atoms with Crippen LogP contribution in [0, 0.1) is 6.92 Å². The molecule has 4 heterocycles. The van der Waals surface area contributed by atoms with Crippen LogP contribution in [0.4, 0.5) is 10.5 Å². The van der Waals surface area contributed by atoms with Crippen molar-refractivity contribution in [1.29, 1.82) is 0 Å². The molecule has 0 aliphatic carbocycles. The van der Waals surface area contributed by atoms with Gasteiger partial charge in [0.15, 0.2) is 12.7 Å². The van der Waals surface area contributed by atoms with Gasteiger partial charge < -0.3 is 9.64 Å². The lowest BCUT2D eigenvalue weighted by Gasteiger charge is -2.24. The summed E-state index contributed by atoms with van der Waals surface area (Å²) in [6.45, 7) is 4.25. The van der Waals surface area contributed by atoms with Gasteiger partial charge in [0.05, 0.1) is 14.6 Å². The van der Waals surface area contributed by atoms with Crippen molar-refractivity contribution in [2.45, 2.75) is 6.92 Å². The predicted molar refractivity (Wildman–Crippen MR) is 146 cm³/mol.